The number of carbonyl (C=O) groups is 3. The lowest BCUT2D eigenvalue weighted by Gasteiger charge is -2.19. The number of rotatable bonds is 15. The van der Waals surface area contributed by atoms with E-state index in [0.717, 1.165) is 11.1 Å². The number of aromatic nitrogens is 5. The van der Waals surface area contributed by atoms with Crippen molar-refractivity contribution in [2.45, 2.75) is 76.7 Å². The van der Waals surface area contributed by atoms with Gasteiger partial charge in [0, 0.05) is 82.2 Å². The fraction of sp³-hybridized carbons (Fsp3) is 0.273. The number of pyridine rings is 5. The molecule has 0 spiro atoms. The molecule has 8 heterocycles. The summed E-state index contributed by atoms with van der Waals surface area (Å²) < 4.78 is 76.3. The van der Waals surface area contributed by atoms with Crippen LogP contribution in [0.1, 0.15) is 79.1 Å². The number of nitrogens with one attached hydrogen (secondary N) is 3. The van der Waals surface area contributed by atoms with Gasteiger partial charge in [-0.05, 0) is 126 Å². The highest BCUT2D eigenvalue weighted by molar-refractivity contribution is 5.99. The number of nitrogens with zero attached hydrogens (tertiary/aromatic N) is 9. The molecule has 5 aromatic heterocycles. The number of alkyl halides is 3. The molecule has 3 amide bonds. The van der Waals surface area contributed by atoms with Crippen LogP contribution in [0.5, 0.6) is 34.9 Å². The molecule has 9 aromatic rings. The van der Waals surface area contributed by atoms with Crippen LogP contribution in [0.15, 0.2) is 128 Å². The van der Waals surface area contributed by atoms with E-state index in [1.807, 2.05) is 32.9 Å². The van der Waals surface area contributed by atoms with Crippen molar-refractivity contribution in [3.05, 3.63) is 202 Å². The number of amides is 3. The number of ether oxygens (including phenoxy) is 6. The van der Waals surface area contributed by atoms with Gasteiger partial charge in [0.15, 0.2) is 18.5 Å². The van der Waals surface area contributed by atoms with Crippen molar-refractivity contribution in [2.75, 3.05) is 41.2 Å². The van der Waals surface area contributed by atoms with Crippen molar-refractivity contribution in [2.24, 2.45) is 17.8 Å². The van der Waals surface area contributed by atoms with Crippen LogP contribution in [-0.4, -0.2) is 120 Å². The molecule has 0 aliphatic carbocycles. The normalized spacial score (nSPS) is 19.1. The Kier molecular flexibility index (Phi) is 23.0. The van der Waals surface area contributed by atoms with E-state index in [1.54, 1.807) is 116 Å². The molecule has 12 rings (SSSR count). The molecule has 0 saturated carbocycles. The number of halogens is 3. The number of fused-ring (bicyclic) bond motifs is 3. The molecule has 3 aliphatic heterocycles. The molecule has 3 fully saturated rings. The number of hydrogen-bond donors (Lipinski definition) is 3. The van der Waals surface area contributed by atoms with Crippen molar-refractivity contribution in [3.8, 4) is 76.5 Å². The molecule has 21 nitrogen and oxygen atoms in total. The van der Waals surface area contributed by atoms with Gasteiger partial charge in [-0.25, -0.2) is 47.6 Å². The molecular weight excluding hydrogens is 1290 g/mol. The fourth-order valence-corrected chi connectivity index (χ4v) is 11.8. The lowest BCUT2D eigenvalue weighted by atomic mass is 9.97. The summed E-state index contributed by atoms with van der Waals surface area (Å²) in [4.78, 5) is 67.3. The zero-order chi connectivity index (χ0) is 71.7. The first-order chi connectivity index (χ1) is 49.1. The number of hydrogen-bond acceptors (Lipinski definition) is 15. The summed E-state index contributed by atoms with van der Waals surface area (Å²) in [6.45, 7) is 28.1. The van der Waals surface area contributed by atoms with Gasteiger partial charge in [-0.2, -0.15) is 5.26 Å². The molecule has 101 heavy (non-hydrogen) atoms. The van der Waals surface area contributed by atoms with E-state index < -0.39 is 72.1 Å². The lowest BCUT2D eigenvalue weighted by Crippen LogP contribution is -2.34. The Balaban J connectivity index is 0.000000163. The first-order valence-electron chi connectivity index (χ1n) is 31.8. The molecule has 3 saturated heterocycles. The van der Waals surface area contributed by atoms with Crippen molar-refractivity contribution >= 4 is 67.1 Å². The van der Waals surface area contributed by atoms with Crippen LogP contribution < -0.4 is 44.4 Å². The summed E-state index contributed by atoms with van der Waals surface area (Å²) in [5, 5.41) is 20.7. The fourth-order valence-electron chi connectivity index (χ4n) is 11.8. The maximum absolute atomic E-state index is 14.2. The average molecular weight is 1360 g/mol. The third-order valence-corrected chi connectivity index (χ3v) is 17.2. The van der Waals surface area contributed by atoms with Crippen molar-refractivity contribution in [1.82, 2.24) is 40.9 Å². The highest BCUT2D eigenvalue weighted by Crippen LogP contribution is 2.41. The second-order valence-electron chi connectivity index (χ2n) is 23.1. The van der Waals surface area contributed by atoms with E-state index in [1.165, 1.54) is 21.3 Å². The van der Waals surface area contributed by atoms with Gasteiger partial charge < -0.3 is 44.4 Å². The van der Waals surface area contributed by atoms with Crippen LogP contribution in [0.3, 0.4) is 0 Å². The van der Waals surface area contributed by atoms with Crippen molar-refractivity contribution in [3.63, 3.8) is 0 Å². The van der Waals surface area contributed by atoms with Crippen LogP contribution >= 0.6 is 0 Å². The molecule has 9 atom stereocenters. The molecule has 0 unspecified atom stereocenters. The van der Waals surface area contributed by atoms with Gasteiger partial charge in [0.2, 0.25) is 34.7 Å². The Morgan fingerprint density at radius 3 is 1.14 bits per heavy atom. The number of benzene rings is 4. The first-order valence-corrected chi connectivity index (χ1v) is 31.8. The van der Waals surface area contributed by atoms with Gasteiger partial charge in [0.25, 0.3) is 17.7 Å². The van der Waals surface area contributed by atoms with Crippen LogP contribution in [0.25, 0.3) is 46.9 Å². The number of methoxy groups -OCH3 is 3. The van der Waals surface area contributed by atoms with E-state index in [-0.39, 0.29) is 31.6 Å². The van der Waals surface area contributed by atoms with Crippen molar-refractivity contribution in [1.29, 1.82) is 5.26 Å². The summed E-state index contributed by atoms with van der Waals surface area (Å²) in [5.41, 5.74) is 5.43. The average Bonchev–Trinajstić information content (AvgIpc) is 1.53. The topological polar surface area (TPSA) is 244 Å². The third kappa shape index (κ3) is 16.1. The Bertz CT molecular complexity index is 4810. The molecular formula is C77H63F3N12O9. The van der Waals surface area contributed by atoms with Gasteiger partial charge in [0.1, 0.15) is 42.8 Å². The monoisotopic (exact) mass is 1360 g/mol. The van der Waals surface area contributed by atoms with Gasteiger partial charge in [-0.3, -0.25) is 19.4 Å². The Morgan fingerprint density at radius 1 is 0.455 bits per heavy atom. The second-order valence-corrected chi connectivity index (χ2v) is 23.1. The van der Waals surface area contributed by atoms with E-state index >= 15 is 0 Å². The summed E-state index contributed by atoms with van der Waals surface area (Å²) in [7, 11) is 4.44. The second kappa shape index (κ2) is 32.9. The molecule has 24 heteroatoms. The van der Waals surface area contributed by atoms with Crippen LogP contribution in [0, 0.1) is 84.3 Å². The maximum atomic E-state index is 14.2. The Labute approximate surface area is 580 Å². The molecule has 0 bridgehead atoms. The van der Waals surface area contributed by atoms with Crippen LogP contribution in [-0.2, 0) is 14.4 Å². The summed E-state index contributed by atoms with van der Waals surface area (Å²) in [5.74, 6) is 17.1. The van der Waals surface area contributed by atoms with E-state index in [9.17, 15) is 27.6 Å². The van der Waals surface area contributed by atoms with Gasteiger partial charge in [0.05, 0.1) is 87.5 Å². The lowest BCUT2D eigenvalue weighted by molar-refractivity contribution is -0.124. The molecule has 0 radical (unpaired) electrons. The Hall–Kier alpha value is -13.0. The molecule has 3 N–H and O–H groups in total. The molecule has 506 valence electrons. The predicted molar refractivity (Wildman–Crippen MR) is 370 cm³/mol. The SMILES string of the molecule is [C-]#[N+]c1cc2c(C#Cc3ccc(C#N)cc3)cnc(OC[C@H]3NC(=O)[C@@H](F)[C@H]3CC)c2cc1OC.[C-]#[N+]c1cc2c(C#Cc3ccccn3)cnc(OC[C@H]3NC(=O)[C@@H](F)[C@H]3CC)c2cc1OC.[C-]#[N+]c1cc2c(C#Cc3ccncc3)cnc(OC[C@H]3NC(=O)[C@@H](F)[C@H]3CC)c2cc1OC. The number of nitriles is 1. The zero-order valence-electron chi connectivity index (χ0n) is 55.4. The van der Waals surface area contributed by atoms with Crippen LogP contribution in [0.4, 0.5) is 30.2 Å². The molecule has 3 aliphatic rings. The van der Waals surface area contributed by atoms with E-state index in [0.29, 0.717) is 120 Å². The predicted octanol–water partition coefficient (Wildman–Crippen LogP) is 12.0. The Morgan fingerprint density at radius 2 is 0.812 bits per heavy atom. The minimum absolute atomic E-state index is 0.0515. The largest absolute Gasteiger partial charge is 0.508 e. The maximum Gasteiger partial charge on any atom is 0.255 e. The van der Waals surface area contributed by atoms with E-state index in [4.69, 9.17) is 53.4 Å². The summed E-state index contributed by atoms with van der Waals surface area (Å²) in [6, 6.07) is 26.7. The van der Waals surface area contributed by atoms with Crippen LogP contribution in [0.2, 0.25) is 0 Å². The van der Waals surface area contributed by atoms with Gasteiger partial charge >= 0.3 is 0 Å². The minimum atomic E-state index is -1.56. The zero-order valence-corrected chi connectivity index (χ0v) is 55.4. The van der Waals surface area contributed by atoms with E-state index in [2.05, 4.69) is 97.0 Å². The van der Waals surface area contributed by atoms with Gasteiger partial charge in [-0.1, -0.05) is 56.4 Å². The van der Waals surface area contributed by atoms with Gasteiger partial charge in [-0.15, -0.1) is 0 Å². The minimum Gasteiger partial charge on any atom is -0.508 e. The first kappa shape index (κ1) is 70.8. The number of carbonyl (C=O) groups excluding carboxylic acids is 3. The smallest absolute Gasteiger partial charge is 0.255 e. The quantitative estimate of drug-likeness (QED) is 0.0638. The highest BCUT2D eigenvalue weighted by atomic mass is 19.1. The highest BCUT2D eigenvalue weighted by Gasteiger charge is 2.44. The van der Waals surface area contributed by atoms with Crippen molar-refractivity contribution < 1.29 is 56.0 Å². The molecule has 4 aromatic carbocycles. The third-order valence-electron chi connectivity index (χ3n) is 17.2. The summed E-state index contributed by atoms with van der Waals surface area (Å²) >= 11 is 0. The summed E-state index contributed by atoms with van der Waals surface area (Å²) in [6.07, 6.45) is 6.54. The standard InChI is InChI=1S/C27H21FN4O3.2C25H21FN4O3/c1-4-19-23(32-26(33)25(19)28)15-35-27-21-12-24(34-3)22(30-2)11-20(21)18(14-31-27)10-9-16-5-7-17(13-29)8-6-16;1-4-17-21(30-24(31)23(17)26)14-33-25-19-12-22(32-3)20(27-2)11-18(19)16(13-29-25)6-5-15-7-9-28-10-8-15;1-4-17-21(30-24(31)23(17)26)14-33-25-19-12-22(32-3)20(27-2)11-18(19)15(13-29-25)8-9-16-7-5-6-10-28-16/h5-8,11-12,14,19,23,25H,4,15H2,1,3H3,(H,32,33);7-13,17,21,23H,4,14H2,1,3H3,(H,30,31);5-7,10-13,17,21,23H,4,14H2,1,3H3,(H,30,31)/t19-,23+,25-;2*17-,21+,23-/m000/s1.